The molecule has 1 aliphatic rings. The summed E-state index contributed by atoms with van der Waals surface area (Å²) < 4.78 is 0. The maximum absolute atomic E-state index is 12.3. The predicted molar refractivity (Wildman–Crippen MR) is 78.3 cm³/mol. The number of carboxylic acid groups (broad SMARTS) is 1. The molecule has 1 aliphatic carbocycles. The summed E-state index contributed by atoms with van der Waals surface area (Å²) in [6.07, 6.45) is 4.30. The standard InChI is InChI=1S/C16H20N2O3/c1-10-7-13(14(16(20)21)8-11(10)2)15(19)18-9-12-3-5-17-6-4-12/h3-6,13-14H,7-9H2,1-2H3,(H,18,19)(H,20,21)/t13-,14-/m1/s1. The molecule has 0 aromatic carbocycles. The highest BCUT2D eigenvalue weighted by Gasteiger charge is 2.37. The van der Waals surface area contributed by atoms with E-state index in [1.807, 2.05) is 26.0 Å². The average molecular weight is 288 g/mol. The summed E-state index contributed by atoms with van der Waals surface area (Å²) in [5.41, 5.74) is 3.15. The Labute approximate surface area is 124 Å². The minimum atomic E-state index is -0.897. The SMILES string of the molecule is CC1=C(C)C[C@@H](C(=O)NCc2ccncc2)[C@H](C(=O)O)C1. The van der Waals surface area contributed by atoms with Crippen LogP contribution in [0.3, 0.4) is 0 Å². The lowest BCUT2D eigenvalue weighted by molar-refractivity contribution is -0.147. The zero-order valence-electron chi connectivity index (χ0n) is 12.3. The maximum atomic E-state index is 12.3. The van der Waals surface area contributed by atoms with Crippen LogP contribution in [-0.2, 0) is 16.1 Å². The first-order valence-corrected chi connectivity index (χ1v) is 7.03. The summed E-state index contributed by atoms with van der Waals surface area (Å²) in [6, 6.07) is 3.65. The number of aromatic nitrogens is 1. The van der Waals surface area contributed by atoms with Crippen molar-refractivity contribution in [1.29, 1.82) is 0 Å². The number of pyridine rings is 1. The molecule has 1 amide bonds. The van der Waals surface area contributed by atoms with Crippen molar-refractivity contribution in [3.05, 3.63) is 41.2 Å². The zero-order chi connectivity index (χ0) is 15.4. The first-order valence-electron chi connectivity index (χ1n) is 7.03. The van der Waals surface area contributed by atoms with Gasteiger partial charge >= 0.3 is 5.97 Å². The Bertz CT molecular complexity index is 566. The van der Waals surface area contributed by atoms with Gasteiger partial charge in [0.2, 0.25) is 5.91 Å². The van der Waals surface area contributed by atoms with Crippen LogP contribution < -0.4 is 5.32 Å². The highest BCUT2D eigenvalue weighted by Crippen LogP contribution is 2.34. The quantitative estimate of drug-likeness (QED) is 0.832. The van der Waals surface area contributed by atoms with Gasteiger partial charge in [-0.1, -0.05) is 11.1 Å². The van der Waals surface area contributed by atoms with Crippen molar-refractivity contribution in [2.24, 2.45) is 11.8 Å². The number of carbonyl (C=O) groups is 2. The van der Waals surface area contributed by atoms with E-state index < -0.39 is 17.8 Å². The Kier molecular flexibility index (Phi) is 4.73. The zero-order valence-corrected chi connectivity index (χ0v) is 12.3. The van der Waals surface area contributed by atoms with Crippen LogP contribution in [0.5, 0.6) is 0 Å². The normalized spacial score (nSPS) is 22.0. The molecule has 5 heteroatoms. The Balaban J connectivity index is 2.04. The van der Waals surface area contributed by atoms with E-state index in [2.05, 4.69) is 10.3 Å². The van der Waals surface area contributed by atoms with Gasteiger partial charge in [-0.25, -0.2) is 0 Å². The number of allylic oxidation sites excluding steroid dienone is 2. The molecular weight excluding hydrogens is 268 g/mol. The fraction of sp³-hybridized carbons (Fsp3) is 0.438. The number of amides is 1. The molecule has 0 spiro atoms. The lowest BCUT2D eigenvalue weighted by atomic mass is 9.76. The molecule has 0 bridgehead atoms. The summed E-state index contributed by atoms with van der Waals surface area (Å²) >= 11 is 0. The molecule has 2 atom stereocenters. The summed E-state index contributed by atoms with van der Waals surface area (Å²) in [4.78, 5) is 27.6. The molecule has 2 rings (SSSR count). The van der Waals surface area contributed by atoms with Gasteiger partial charge in [0.15, 0.2) is 0 Å². The van der Waals surface area contributed by atoms with E-state index in [-0.39, 0.29) is 5.91 Å². The van der Waals surface area contributed by atoms with Crippen molar-refractivity contribution in [2.75, 3.05) is 0 Å². The Hall–Kier alpha value is -2.17. The Morgan fingerprint density at radius 3 is 2.33 bits per heavy atom. The summed E-state index contributed by atoms with van der Waals surface area (Å²) in [7, 11) is 0. The Morgan fingerprint density at radius 1 is 1.19 bits per heavy atom. The van der Waals surface area contributed by atoms with Crippen LogP contribution in [0.1, 0.15) is 32.3 Å². The highest BCUT2D eigenvalue weighted by atomic mass is 16.4. The average Bonchev–Trinajstić information content (AvgIpc) is 2.48. The maximum Gasteiger partial charge on any atom is 0.307 e. The molecule has 0 radical (unpaired) electrons. The van der Waals surface area contributed by atoms with Crippen molar-refractivity contribution in [3.63, 3.8) is 0 Å². The fourth-order valence-corrected chi connectivity index (χ4v) is 2.65. The first-order chi connectivity index (χ1) is 9.99. The molecule has 1 aromatic rings. The third-order valence-electron chi connectivity index (χ3n) is 4.14. The second kappa shape index (κ2) is 6.52. The van der Waals surface area contributed by atoms with E-state index in [4.69, 9.17) is 0 Å². The van der Waals surface area contributed by atoms with Crippen molar-refractivity contribution in [2.45, 2.75) is 33.2 Å². The highest BCUT2D eigenvalue weighted by molar-refractivity contribution is 5.85. The van der Waals surface area contributed by atoms with Crippen LogP contribution in [-0.4, -0.2) is 22.0 Å². The molecule has 2 N–H and O–H groups in total. The number of carbonyl (C=O) groups excluding carboxylic acids is 1. The van der Waals surface area contributed by atoms with Gasteiger partial charge in [-0.3, -0.25) is 14.6 Å². The van der Waals surface area contributed by atoms with Gasteiger partial charge in [-0.2, -0.15) is 0 Å². The second-order valence-electron chi connectivity index (χ2n) is 5.59. The predicted octanol–water partition coefficient (Wildman–Crippen LogP) is 2.15. The lowest BCUT2D eigenvalue weighted by Gasteiger charge is -2.29. The first kappa shape index (κ1) is 15.2. The third-order valence-corrected chi connectivity index (χ3v) is 4.14. The number of rotatable bonds is 4. The van der Waals surface area contributed by atoms with Gasteiger partial charge in [0.25, 0.3) is 0 Å². The fourth-order valence-electron chi connectivity index (χ4n) is 2.65. The van der Waals surface area contributed by atoms with Gasteiger partial charge < -0.3 is 10.4 Å². The van der Waals surface area contributed by atoms with E-state index in [9.17, 15) is 14.7 Å². The van der Waals surface area contributed by atoms with Gasteiger partial charge in [0.1, 0.15) is 0 Å². The molecule has 1 heterocycles. The van der Waals surface area contributed by atoms with E-state index >= 15 is 0 Å². The van der Waals surface area contributed by atoms with Crippen molar-refractivity contribution >= 4 is 11.9 Å². The Morgan fingerprint density at radius 2 is 1.76 bits per heavy atom. The molecule has 0 saturated carbocycles. The van der Waals surface area contributed by atoms with E-state index in [1.165, 1.54) is 0 Å². The number of aliphatic carboxylic acids is 1. The number of nitrogens with zero attached hydrogens (tertiary/aromatic N) is 1. The number of nitrogens with one attached hydrogen (secondary N) is 1. The third kappa shape index (κ3) is 3.68. The van der Waals surface area contributed by atoms with Crippen molar-refractivity contribution in [1.82, 2.24) is 10.3 Å². The van der Waals surface area contributed by atoms with Gasteiger partial charge in [0, 0.05) is 18.9 Å². The minimum Gasteiger partial charge on any atom is -0.481 e. The number of carboxylic acids is 1. The van der Waals surface area contributed by atoms with Crippen molar-refractivity contribution in [3.8, 4) is 0 Å². The van der Waals surface area contributed by atoms with Crippen LogP contribution in [0.25, 0.3) is 0 Å². The smallest absolute Gasteiger partial charge is 0.307 e. The molecule has 0 unspecified atom stereocenters. The minimum absolute atomic E-state index is 0.189. The van der Waals surface area contributed by atoms with Crippen LogP contribution in [0.4, 0.5) is 0 Å². The van der Waals surface area contributed by atoms with Crippen molar-refractivity contribution < 1.29 is 14.7 Å². The monoisotopic (exact) mass is 288 g/mol. The number of hydrogen-bond donors (Lipinski definition) is 2. The molecule has 112 valence electrons. The molecule has 1 aromatic heterocycles. The van der Waals surface area contributed by atoms with Gasteiger partial charge in [-0.15, -0.1) is 0 Å². The molecule has 0 aliphatic heterocycles. The lowest BCUT2D eigenvalue weighted by Crippen LogP contribution is -2.39. The van der Waals surface area contributed by atoms with Gasteiger partial charge in [-0.05, 0) is 44.4 Å². The summed E-state index contributed by atoms with van der Waals surface area (Å²) in [5.74, 6) is -2.21. The van der Waals surface area contributed by atoms with E-state index in [1.54, 1.807) is 12.4 Å². The molecular formula is C16H20N2O3. The topological polar surface area (TPSA) is 79.3 Å². The van der Waals surface area contributed by atoms with Crippen LogP contribution >= 0.6 is 0 Å². The van der Waals surface area contributed by atoms with Crippen LogP contribution in [0.15, 0.2) is 35.7 Å². The van der Waals surface area contributed by atoms with Crippen LogP contribution in [0, 0.1) is 11.8 Å². The largest absolute Gasteiger partial charge is 0.481 e. The summed E-state index contributed by atoms with van der Waals surface area (Å²) in [5, 5.41) is 12.2. The van der Waals surface area contributed by atoms with E-state index in [0.29, 0.717) is 19.4 Å². The second-order valence-corrected chi connectivity index (χ2v) is 5.59. The molecule has 0 fully saturated rings. The summed E-state index contributed by atoms with van der Waals surface area (Å²) in [6.45, 7) is 4.30. The molecule has 5 nitrogen and oxygen atoms in total. The molecule has 0 saturated heterocycles. The van der Waals surface area contributed by atoms with Gasteiger partial charge in [0.05, 0.1) is 11.8 Å². The van der Waals surface area contributed by atoms with Crippen LogP contribution in [0.2, 0.25) is 0 Å². The molecule has 21 heavy (non-hydrogen) atoms. The number of hydrogen-bond acceptors (Lipinski definition) is 3. The van der Waals surface area contributed by atoms with E-state index in [0.717, 1.165) is 16.7 Å².